The topological polar surface area (TPSA) is 80.4 Å². The Bertz CT molecular complexity index is 193. The molecule has 0 rings (SSSR count). The summed E-state index contributed by atoms with van der Waals surface area (Å²) in [5.41, 5.74) is 0. The number of aliphatic carboxylic acids is 1. The third-order valence-corrected chi connectivity index (χ3v) is 2.14. The Kier molecular flexibility index (Phi) is 5.03. The molecular weight excluding hydrogens is 174 g/mol. The fraction of sp³-hybridized carbons (Fsp3) is 0.875. The van der Waals surface area contributed by atoms with Gasteiger partial charge >= 0.3 is 5.97 Å². The minimum Gasteiger partial charge on any atom is -0.481 e. The minimum atomic E-state index is -0.958. The van der Waals surface area contributed by atoms with Crippen LogP contribution in [0.4, 0.5) is 0 Å². The summed E-state index contributed by atoms with van der Waals surface area (Å²) in [6.45, 7) is 3.16. The maximum absolute atomic E-state index is 10.6. The Morgan fingerprint density at radius 2 is 2.15 bits per heavy atom. The highest BCUT2D eigenvalue weighted by Gasteiger charge is 2.26. The van der Waals surface area contributed by atoms with Crippen LogP contribution >= 0.6 is 0 Å². The van der Waals surface area contributed by atoms with E-state index in [1.807, 2.05) is 6.92 Å². The van der Waals surface area contributed by atoms with Crippen molar-refractivity contribution in [3.8, 4) is 0 Å². The first kappa shape index (κ1) is 11.9. The monoisotopic (exact) mass is 189 g/mol. The molecule has 0 aliphatic carbocycles. The van der Waals surface area contributed by atoms with E-state index in [4.69, 9.17) is 5.11 Å². The third kappa shape index (κ3) is 4.45. The first-order valence-electron chi connectivity index (χ1n) is 4.33. The number of carboxylic acid groups (broad SMARTS) is 1. The van der Waals surface area contributed by atoms with Gasteiger partial charge in [0.25, 0.3) is 0 Å². The van der Waals surface area contributed by atoms with Gasteiger partial charge in [0.1, 0.15) is 0 Å². The zero-order chi connectivity index (χ0) is 10.4. The lowest BCUT2D eigenvalue weighted by Crippen LogP contribution is -2.26. The molecule has 0 aliphatic heterocycles. The molecule has 0 heterocycles. The molecule has 0 spiro atoms. The number of nitrogens with zero attached hydrogens (tertiary/aromatic N) is 1. The molecule has 0 fully saturated rings. The van der Waals surface area contributed by atoms with E-state index in [0.717, 1.165) is 6.42 Å². The van der Waals surface area contributed by atoms with Crippen LogP contribution in [-0.4, -0.2) is 22.5 Å². The van der Waals surface area contributed by atoms with Gasteiger partial charge in [0.2, 0.25) is 6.54 Å². The molecule has 0 aromatic heterocycles. The zero-order valence-corrected chi connectivity index (χ0v) is 7.90. The van der Waals surface area contributed by atoms with Crippen LogP contribution in [0.25, 0.3) is 0 Å². The largest absolute Gasteiger partial charge is 0.481 e. The SMILES string of the molecule is CCCC(C[N+](=O)[O-])[C@H](C)C(=O)O. The highest BCUT2D eigenvalue weighted by molar-refractivity contribution is 5.69. The summed E-state index contributed by atoms with van der Waals surface area (Å²) in [5, 5.41) is 18.9. The predicted octanol–water partition coefficient (Wildman–Crippen LogP) is 1.40. The van der Waals surface area contributed by atoms with Crippen molar-refractivity contribution in [2.45, 2.75) is 26.7 Å². The summed E-state index contributed by atoms with van der Waals surface area (Å²) >= 11 is 0. The van der Waals surface area contributed by atoms with Crippen LogP contribution in [0, 0.1) is 22.0 Å². The summed E-state index contributed by atoms with van der Waals surface area (Å²) in [4.78, 5) is 20.4. The number of carbonyl (C=O) groups is 1. The molecule has 1 unspecified atom stereocenters. The number of carboxylic acids is 1. The van der Waals surface area contributed by atoms with Crippen LogP contribution in [0.15, 0.2) is 0 Å². The second-order valence-electron chi connectivity index (χ2n) is 3.19. The van der Waals surface area contributed by atoms with E-state index < -0.39 is 16.8 Å². The van der Waals surface area contributed by atoms with Crippen LogP contribution in [0.1, 0.15) is 26.7 Å². The highest BCUT2D eigenvalue weighted by Crippen LogP contribution is 2.17. The van der Waals surface area contributed by atoms with E-state index in [0.29, 0.717) is 6.42 Å². The molecule has 0 saturated heterocycles. The molecule has 5 nitrogen and oxygen atoms in total. The third-order valence-electron chi connectivity index (χ3n) is 2.14. The van der Waals surface area contributed by atoms with Crippen LogP contribution in [0.3, 0.4) is 0 Å². The number of hydrogen-bond donors (Lipinski definition) is 1. The smallest absolute Gasteiger partial charge is 0.306 e. The van der Waals surface area contributed by atoms with Crippen molar-refractivity contribution in [3.63, 3.8) is 0 Å². The molecule has 5 heteroatoms. The molecule has 0 aromatic rings. The summed E-state index contributed by atoms with van der Waals surface area (Å²) in [6.07, 6.45) is 1.37. The van der Waals surface area contributed by atoms with Gasteiger partial charge in [-0.15, -0.1) is 0 Å². The zero-order valence-electron chi connectivity index (χ0n) is 7.90. The molecule has 0 aliphatic rings. The molecule has 0 radical (unpaired) electrons. The van der Waals surface area contributed by atoms with Gasteiger partial charge in [-0.05, 0) is 6.42 Å². The molecule has 13 heavy (non-hydrogen) atoms. The Labute approximate surface area is 76.9 Å². The lowest BCUT2D eigenvalue weighted by Gasteiger charge is -2.15. The van der Waals surface area contributed by atoms with Crippen LogP contribution in [0.2, 0.25) is 0 Å². The maximum atomic E-state index is 10.6. The summed E-state index contributed by atoms with van der Waals surface area (Å²) in [7, 11) is 0. The maximum Gasteiger partial charge on any atom is 0.306 e. The average Bonchev–Trinajstić information content (AvgIpc) is 2.01. The van der Waals surface area contributed by atoms with Crippen molar-refractivity contribution in [1.82, 2.24) is 0 Å². The van der Waals surface area contributed by atoms with Gasteiger partial charge in [-0.25, -0.2) is 0 Å². The first-order valence-corrected chi connectivity index (χ1v) is 4.33. The van der Waals surface area contributed by atoms with E-state index in [1.54, 1.807) is 0 Å². The van der Waals surface area contributed by atoms with Crippen LogP contribution in [0.5, 0.6) is 0 Å². The van der Waals surface area contributed by atoms with Gasteiger partial charge in [0.05, 0.1) is 5.92 Å². The fourth-order valence-corrected chi connectivity index (χ4v) is 1.26. The Morgan fingerprint density at radius 1 is 1.62 bits per heavy atom. The van der Waals surface area contributed by atoms with Gasteiger partial charge in [-0.3, -0.25) is 14.9 Å². The van der Waals surface area contributed by atoms with Gasteiger partial charge in [-0.1, -0.05) is 20.3 Å². The number of rotatable bonds is 6. The molecule has 76 valence electrons. The molecule has 0 aromatic carbocycles. The van der Waals surface area contributed by atoms with E-state index >= 15 is 0 Å². The first-order chi connectivity index (χ1) is 5.99. The summed E-state index contributed by atoms with van der Waals surface area (Å²) in [6, 6.07) is 0. The lowest BCUT2D eigenvalue weighted by molar-refractivity contribution is -0.489. The van der Waals surface area contributed by atoms with Gasteiger partial charge in [0, 0.05) is 10.8 Å². The van der Waals surface area contributed by atoms with E-state index in [-0.39, 0.29) is 12.5 Å². The van der Waals surface area contributed by atoms with E-state index in [9.17, 15) is 14.9 Å². The average molecular weight is 189 g/mol. The Hall–Kier alpha value is -1.13. The van der Waals surface area contributed by atoms with Gasteiger partial charge < -0.3 is 5.11 Å². The number of hydrogen-bond acceptors (Lipinski definition) is 3. The van der Waals surface area contributed by atoms with E-state index in [1.165, 1.54) is 6.92 Å². The summed E-state index contributed by atoms with van der Waals surface area (Å²) < 4.78 is 0. The van der Waals surface area contributed by atoms with Crippen molar-refractivity contribution < 1.29 is 14.8 Å². The lowest BCUT2D eigenvalue weighted by atomic mass is 9.90. The van der Waals surface area contributed by atoms with Gasteiger partial charge in [-0.2, -0.15) is 0 Å². The van der Waals surface area contributed by atoms with Crippen LogP contribution < -0.4 is 0 Å². The summed E-state index contributed by atoms with van der Waals surface area (Å²) in [5.74, 6) is -1.94. The number of nitro groups is 1. The van der Waals surface area contributed by atoms with Crippen molar-refractivity contribution in [3.05, 3.63) is 10.1 Å². The molecule has 0 bridgehead atoms. The molecule has 1 N–H and O–H groups in total. The van der Waals surface area contributed by atoms with Crippen molar-refractivity contribution in [1.29, 1.82) is 0 Å². The molecule has 0 amide bonds. The fourth-order valence-electron chi connectivity index (χ4n) is 1.26. The normalized spacial score (nSPS) is 14.9. The highest BCUT2D eigenvalue weighted by atomic mass is 16.6. The molecule has 0 saturated carbocycles. The van der Waals surface area contributed by atoms with Crippen molar-refractivity contribution in [2.75, 3.05) is 6.54 Å². The Morgan fingerprint density at radius 3 is 2.46 bits per heavy atom. The van der Waals surface area contributed by atoms with Crippen LogP contribution in [-0.2, 0) is 4.79 Å². The second kappa shape index (κ2) is 5.50. The standard InChI is InChI=1S/C8H15NO4/c1-3-4-7(5-9(12)13)6(2)8(10)11/h6-7H,3-5H2,1-2H3,(H,10,11)/t6-,7?/m0/s1. The second-order valence-corrected chi connectivity index (χ2v) is 3.19. The molecular formula is C8H15NO4. The Balaban J connectivity index is 4.22. The van der Waals surface area contributed by atoms with Gasteiger partial charge in [0.15, 0.2) is 0 Å². The minimum absolute atomic E-state index is 0.249. The predicted molar refractivity (Wildman–Crippen MR) is 47.1 cm³/mol. The quantitative estimate of drug-likeness (QED) is 0.505. The van der Waals surface area contributed by atoms with Crippen molar-refractivity contribution in [2.24, 2.45) is 11.8 Å². The molecule has 2 atom stereocenters. The van der Waals surface area contributed by atoms with Crippen molar-refractivity contribution >= 4 is 5.97 Å². The van der Waals surface area contributed by atoms with E-state index in [2.05, 4.69) is 0 Å².